The van der Waals surface area contributed by atoms with Crippen LogP contribution >= 0.6 is 11.3 Å². The van der Waals surface area contributed by atoms with Crippen LogP contribution in [0.5, 0.6) is 0 Å². The number of thiophene rings is 1. The largest absolute Gasteiger partial charge is 0.467 e. The van der Waals surface area contributed by atoms with Crippen LogP contribution < -0.4 is 0 Å². The Balaban J connectivity index is 1.40. The zero-order valence-electron chi connectivity index (χ0n) is 16.9. The second-order valence-corrected chi connectivity index (χ2v) is 8.73. The van der Waals surface area contributed by atoms with E-state index in [4.69, 9.17) is 4.42 Å². The molecule has 1 saturated heterocycles. The maximum absolute atomic E-state index is 13.1. The summed E-state index contributed by atoms with van der Waals surface area (Å²) in [5, 5.41) is 17.7. The molecule has 0 spiro atoms. The summed E-state index contributed by atoms with van der Waals surface area (Å²) in [5.74, 6) is 0.501. The number of piperidine rings is 1. The van der Waals surface area contributed by atoms with Crippen LogP contribution in [-0.4, -0.2) is 76.8 Å². The van der Waals surface area contributed by atoms with Crippen LogP contribution in [0.1, 0.15) is 35.9 Å². The minimum absolute atomic E-state index is 0.0241. The molecule has 0 radical (unpaired) electrons. The summed E-state index contributed by atoms with van der Waals surface area (Å²) in [5.41, 5.74) is 0.866. The first-order valence-electron chi connectivity index (χ1n) is 10.1. The van der Waals surface area contributed by atoms with Gasteiger partial charge in [-0.2, -0.15) is 5.10 Å². The van der Waals surface area contributed by atoms with E-state index in [1.165, 1.54) is 5.01 Å². The van der Waals surface area contributed by atoms with Gasteiger partial charge >= 0.3 is 0 Å². The lowest BCUT2D eigenvalue weighted by Crippen LogP contribution is -2.46. The van der Waals surface area contributed by atoms with E-state index in [0.717, 1.165) is 10.6 Å². The van der Waals surface area contributed by atoms with E-state index in [9.17, 15) is 14.7 Å². The van der Waals surface area contributed by atoms with Gasteiger partial charge < -0.3 is 14.4 Å². The molecule has 0 saturated carbocycles. The van der Waals surface area contributed by atoms with E-state index >= 15 is 0 Å². The predicted molar refractivity (Wildman–Crippen MR) is 113 cm³/mol. The fourth-order valence-electron chi connectivity index (χ4n) is 3.84. The Morgan fingerprint density at radius 1 is 1.23 bits per heavy atom. The second-order valence-electron chi connectivity index (χ2n) is 7.78. The maximum Gasteiger partial charge on any atom is 0.257 e. The zero-order chi connectivity index (χ0) is 21.1. The van der Waals surface area contributed by atoms with Crippen LogP contribution in [0.3, 0.4) is 0 Å². The molecule has 2 aromatic heterocycles. The Kier molecular flexibility index (Phi) is 6.31. The third-order valence-corrected chi connectivity index (χ3v) is 6.39. The van der Waals surface area contributed by atoms with Crippen LogP contribution in [0, 0.1) is 0 Å². The number of aliphatic hydroxyl groups is 1. The van der Waals surface area contributed by atoms with Crippen molar-refractivity contribution in [2.24, 2.45) is 5.10 Å². The normalized spacial score (nSPS) is 20.1. The molecule has 0 aromatic carbocycles. The predicted octanol–water partition coefficient (Wildman–Crippen LogP) is 1.93. The molecule has 4 rings (SSSR count). The molecule has 2 aliphatic heterocycles. The Morgan fingerprint density at radius 3 is 2.67 bits per heavy atom. The number of rotatable bonds is 6. The van der Waals surface area contributed by atoms with E-state index in [0.29, 0.717) is 38.1 Å². The molecular formula is C21H26N4O4S. The fraction of sp³-hybridized carbons (Fsp3) is 0.476. The monoisotopic (exact) mass is 430 g/mol. The average Bonchev–Trinajstić information content (AvgIpc) is 3.48. The lowest BCUT2D eigenvalue weighted by Gasteiger charge is -2.31. The Hall–Kier alpha value is -2.49. The number of hydrogen-bond acceptors (Lipinski definition) is 7. The summed E-state index contributed by atoms with van der Waals surface area (Å²) in [4.78, 5) is 30.1. The van der Waals surface area contributed by atoms with Crippen molar-refractivity contribution in [1.29, 1.82) is 0 Å². The van der Waals surface area contributed by atoms with E-state index in [1.807, 2.05) is 29.6 Å². The van der Waals surface area contributed by atoms with Crippen LogP contribution in [0.4, 0.5) is 0 Å². The van der Waals surface area contributed by atoms with Crippen molar-refractivity contribution in [1.82, 2.24) is 14.8 Å². The van der Waals surface area contributed by atoms with Crippen molar-refractivity contribution in [2.75, 3.05) is 33.2 Å². The van der Waals surface area contributed by atoms with Crippen LogP contribution in [0.25, 0.3) is 0 Å². The fourth-order valence-corrected chi connectivity index (χ4v) is 4.56. The van der Waals surface area contributed by atoms with Crippen molar-refractivity contribution in [3.05, 3.63) is 46.5 Å². The molecule has 9 heteroatoms. The maximum atomic E-state index is 13.1. The summed E-state index contributed by atoms with van der Waals surface area (Å²) in [6.07, 6.45) is 3.08. The number of nitrogens with zero attached hydrogens (tertiary/aromatic N) is 4. The minimum Gasteiger partial charge on any atom is -0.467 e. The Morgan fingerprint density at radius 2 is 2.00 bits per heavy atom. The molecule has 30 heavy (non-hydrogen) atoms. The van der Waals surface area contributed by atoms with Gasteiger partial charge in [-0.25, -0.2) is 5.01 Å². The standard InChI is InChI=1S/C21H26N4O4S/c1-23(13-20(27)24-8-6-15(26)7-9-24)14-21(28)25-17(18-4-2-10-29-18)12-16(22-25)19-5-3-11-30-19/h2-5,10-11,15,17,26H,6-9,12-14H2,1H3. The molecule has 1 unspecified atom stereocenters. The van der Waals surface area contributed by atoms with Crippen molar-refractivity contribution in [3.8, 4) is 0 Å². The first-order valence-corrected chi connectivity index (χ1v) is 11.0. The minimum atomic E-state index is -0.322. The van der Waals surface area contributed by atoms with Crippen LogP contribution in [0.15, 0.2) is 45.4 Å². The molecule has 160 valence electrons. The number of likely N-dealkylation sites (N-methyl/N-ethyl adjacent to an activating group) is 1. The second kappa shape index (κ2) is 9.11. The van der Waals surface area contributed by atoms with Gasteiger partial charge in [0.05, 0.1) is 36.0 Å². The number of hydrogen-bond donors (Lipinski definition) is 1. The molecular weight excluding hydrogens is 404 g/mol. The topological polar surface area (TPSA) is 89.6 Å². The number of likely N-dealkylation sites (tertiary alicyclic amines) is 1. The van der Waals surface area contributed by atoms with Crippen molar-refractivity contribution < 1.29 is 19.1 Å². The smallest absolute Gasteiger partial charge is 0.257 e. The number of hydrazone groups is 1. The molecule has 8 nitrogen and oxygen atoms in total. The summed E-state index contributed by atoms with van der Waals surface area (Å²) in [6.45, 7) is 1.36. The van der Waals surface area contributed by atoms with Crippen molar-refractivity contribution in [3.63, 3.8) is 0 Å². The number of furan rings is 1. The molecule has 2 aliphatic rings. The molecule has 1 atom stereocenters. The third kappa shape index (κ3) is 4.63. The zero-order valence-corrected chi connectivity index (χ0v) is 17.8. The molecule has 4 heterocycles. The summed E-state index contributed by atoms with van der Waals surface area (Å²) >= 11 is 1.59. The van der Waals surface area contributed by atoms with Gasteiger partial charge in [0, 0.05) is 19.5 Å². The van der Waals surface area contributed by atoms with Crippen molar-refractivity contribution in [2.45, 2.75) is 31.4 Å². The quantitative estimate of drug-likeness (QED) is 0.757. The molecule has 1 fully saturated rings. The summed E-state index contributed by atoms with van der Waals surface area (Å²) < 4.78 is 5.56. The highest BCUT2D eigenvalue weighted by atomic mass is 32.1. The third-order valence-electron chi connectivity index (χ3n) is 5.47. The van der Waals surface area contributed by atoms with E-state index in [-0.39, 0.29) is 37.0 Å². The first-order chi connectivity index (χ1) is 14.5. The van der Waals surface area contributed by atoms with Crippen molar-refractivity contribution >= 4 is 28.9 Å². The number of carbonyl (C=O) groups is 2. The number of carbonyl (C=O) groups excluding carboxylic acids is 2. The summed E-state index contributed by atoms with van der Waals surface area (Å²) in [6, 6.07) is 7.35. The molecule has 0 bridgehead atoms. The van der Waals surface area contributed by atoms with E-state index in [1.54, 1.807) is 34.4 Å². The SMILES string of the molecule is CN(CC(=O)N1CCC(O)CC1)CC(=O)N1N=C(c2cccs2)CC1c1ccco1. The van der Waals surface area contributed by atoms with Gasteiger partial charge in [0.25, 0.3) is 5.91 Å². The van der Waals surface area contributed by atoms with Gasteiger partial charge in [0.1, 0.15) is 11.8 Å². The van der Waals surface area contributed by atoms with Crippen LogP contribution in [0.2, 0.25) is 0 Å². The molecule has 2 aromatic rings. The average molecular weight is 431 g/mol. The van der Waals surface area contributed by atoms with E-state index < -0.39 is 0 Å². The number of amides is 2. The molecule has 2 amide bonds. The Labute approximate surface area is 179 Å². The first kappa shape index (κ1) is 20.8. The highest BCUT2D eigenvalue weighted by molar-refractivity contribution is 7.12. The van der Waals surface area contributed by atoms with Gasteiger partial charge in [-0.1, -0.05) is 6.07 Å². The highest BCUT2D eigenvalue weighted by Crippen LogP contribution is 2.34. The lowest BCUT2D eigenvalue weighted by atomic mass is 10.1. The van der Waals surface area contributed by atoms with Gasteiger partial charge in [0.2, 0.25) is 5.91 Å². The van der Waals surface area contributed by atoms with Gasteiger partial charge in [0.15, 0.2) is 0 Å². The lowest BCUT2D eigenvalue weighted by molar-refractivity contribution is -0.137. The summed E-state index contributed by atoms with van der Waals surface area (Å²) in [7, 11) is 1.76. The number of aliphatic hydroxyl groups excluding tert-OH is 1. The van der Waals surface area contributed by atoms with Gasteiger partial charge in [-0.05, 0) is 43.5 Å². The van der Waals surface area contributed by atoms with E-state index in [2.05, 4.69) is 5.10 Å². The molecule has 0 aliphatic carbocycles. The van der Waals surface area contributed by atoms with Crippen LogP contribution in [-0.2, 0) is 9.59 Å². The molecule has 1 N–H and O–H groups in total. The Bertz CT molecular complexity index is 888. The van der Waals surface area contributed by atoms with Gasteiger partial charge in [-0.15, -0.1) is 11.3 Å². The highest BCUT2D eigenvalue weighted by Gasteiger charge is 2.35. The van der Waals surface area contributed by atoms with Gasteiger partial charge in [-0.3, -0.25) is 14.5 Å².